The molecule has 3 rings (SSSR count). The number of amides is 1. The summed E-state index contributed by atoms with van der Waals surface area (Å²) in [7, 11) is 0. The van der Waals surface area contributed by atoms with E-state index in [1.54, 1.807) is 0 Å². The average Bonchev–Trinajstić information content (AvgIpc) is 3.05. The summed E-state index contributed by atoms with van der Waals surface area (Å²) in [5.74, 6) is -0.0346. The Labute approximate surface area is 155 Å². The van der Waals surface area contributed by atoms with Crippen molar-refractivity contribution in [2.45, 2.75) is 13.8 Å². The maximum absolute atomic E-state index is 11.7. The topological polar surface area (TPSA) is 54.0 Å². The van der Waals surface area contributed by atoms with Crippen molar-refractivity contribution >= 4 is 45.4 Å². The fraction of sp³-hybridized carbons (Fsp3) is 0.158. The first kappa shape index (κ1) is 17.5. The van der Waals surface area contributed by atoms with Gasteiger partial charge in [-0.05, 0) is 36.4 Å². The molecule has 2 N–H and O–H groups in total. The van der Waals surface area contributed by atoms with Gasteiger partial charge in [-0.2, -0.15) is 0 Å². The van der Waals surface area contributed by atoms with Crippen molar-refractivity contribution in [3.8, 4) is 11.3 Å². The highest BCUT2D eigenvalue weighted by Gasteiger charge is 2.08. The molecule has 128 valence electrons. The predicted molar refractivity (Wildman–Crippen MR) is 106 cm³/mol. The van der Waals surface area contributed by atoms with Crippen LogP contribution in [-0.2, 0) is 4.79 Å². The molecule has 1 aromatic heterocycles. The van der Waals surface area contributed by atoms with E-state index in [9.17, 15) is 4.79 Å². The van der Waals surface area contributed by atoms with Gasteiger partial charge in [0.1, 0.15) is 0 Å². The maximum Gasteiger partial charge on any atom is 0.226 e. The van der Waals surface area contributed by atoms with E-state index < -0.39 is 0 Å². The molecule has 0 aliphatic carbocycles. The Morgan fingerprint density at radius 3 is 2.32 bits per heavy atom. The number of thiazole rings is 1. The van der Waals surface area contributed by atoms with Crippen molar-refractivity contribution in [2.24, 2.45) is 5.92 Å². The molecule has 0 atom stereocenters. The fourth-order valence-corrected chi connectivity index (χ4v) is 3.00. The second kappa shape index (κ2) is 7.68. The summed E-state index contributed by atoms with van der Waals surface area (Å²) in [4.78, 5) is 16.3. The quantitative estimate of drug-likeness (QED) is 0.595. The summed E-state index contributed by atoms with van der Waals surface area (Å²) in [5.41, 5.74) is 3.63. The molecule has 2 aromatic carbocycles. The van der Waals surface area contributed by atoms with E-state index in [4.69, 9.17) is 11.6 Å². The number of aromatic nitrogens is 1. The highest BCUT2D eigenvalue weighted by atomic mass is 35.5. The van der Waals surface area contributed by atoms with Gasteiger partial charge >= 0.3 is 0 Å². The Bertz CT molecular complexity index is 857. The molecule has 25 heavy (non-hydrogen) atoms. The second-order valence-corrected chi connectivity index (χ2v) is 7.19. The number of hydrogen-bond donors (Lipinski definition) is 2. The van der Waals surface area contributed by atoms with Gasteiger partial charge in [-0.15, -0.1) is 11.3 Å². The van der Waals surface area contributed by atoms with Crippen molar-refractivity contribution in [1.29, 1.82) is 0 Å². The molecule has 3 aromatic rings. The van der Waals surface area contributed by atoms with E-state index >= 15 is 0 Å². The summed E-state index contributed by atoms with van der Waals surface area (Å²) in [5, 5.41) is 9.67. The van der Waals surface area contributed by atoms with E-state index in [0.717, 1.165) is 27.8 Å². The van der Waals surface area contributed by atoms with E-state index in [-0.39, 0.29) is 11.8 Å². The van der Waals surface area contributed by atoms with Crippen LogP contribution in [0.5, 0.6) is 0 Å². The summed E-state index contributed by atoms with van der Waals surface area (Å²) in [6, 6.07) is 15.2. The fourth-order valence-electron chi connectivity index (χ4n) is 2.13. The van der Waals surface area contributed by atoms with Gasteiger partial charge in [-0.25, -0.2) is 4.98 Å². The van der Waals surface area contributed by atoms with Gasteiger partial charge in [0.25, 0.3) is 0 Å². The standard InChI is InChI=1S/C19H18ClN3OS/c1-12(2)18(24)21-15-7-9-16(10-8-15)22-19-23-17(11-25-19)13-3-5-14(20)6-4-13/h3-12H,1-2H3,(H,21,24)(H,22,23). The minimum atomic E-state index is -0.0422. The minimum absolute atomic E-state index is 0.00763. The first-order valence-corrected chi connectivity index (χ1v) is 9.16. The first-order chi connectivity index (χ1) is 12.0. The lowest BCUT2D eigenvalue weighted by Gasteiger charge is -2.08. The molecule has 0 aliphatic rings. The zero-order valence-corrected chi connectivity index (χ0v) is 15.5. The smallest absolute Gasteiger partial charge is 0.226 e. The van der Waals surface area contributed by atoms with Crippen LogP contribution in [0, 0.1) is 5.92 Å². The van der Waals surface area contributed by atoms with Crippen LogP contribution in [0.15, 0.2) is 53.9 Å². The van der Waals surface area contributed by atoms with Crippen LogP contribution in [-0.4, -0.2) is 10.9 Å². The van der Waals surface area contributed by atoms with Crippen molar-refractivity contribution in [3.05, 3.63) is 58.9 Å². The summed E-state index contributed by atoms with van der Waals surface area (Å²) >= 11 is 7.45. The number of halogens is 1. The van der Waals surface area contributed by atoms with Gasteiger partial charge in [0.05, 0.1) is 5.69 Å². The molecular weight excluding hydrogens is 354 g/mol. The molecule has 0 saturated carbocycles. The van der Waals surface area contributed by atoms with Crippen LogP contribution >= 0.6 is 22.9 Å². The normalized spacial score (nSPS) is 10.7. The number of nitrogens with one attached hydrogen (secondary N) is 2. The number of carbonyl (C=O) groups is 1. The number of rotatable bonds is 5. The molecule has 0 aliphatic heterocycles. The van der Waals surface area contributed by atoms with Crippen LogP contribution in [0.25, 0.3) is 11.3 Å². The molecule has 1 amide bonds. The number of hydrogen-bond acceptors (Lipinski definition) is 4. The van der Waals surface area contributed by atoms with Gasteiger partial charge in [-0.3, -0.25) is 4.79 Å². The average molecular weight is 372 g/mol. The zero-order chi connectivity index (χ0) is 17.8. The van der Waals surface area contributed by atoms with Crippen LogP contribution < -0.4 is 10.6 Å². The van der Waals surface area contributed by atoms with Crippen LogP contribution in [0.1, 0.15) is 13.8 Å². The van der Waals surface area contributed by atoms with E-state index in [2.05, 4.69) is 15.6 Å². The largest absolute Gasteiger partial charge is 0.332 e. The zero-order valence-electron chi connectivity index (χ0n) is 13.9. The van der Waals surface area contributed by atoms with E-state index in [0.29, 0.717) is 5.02 Å². The lowest BCUT2D eigenvalue weighted by molar-refractivity contribution is -0.118. The van der Waals surface area contributed by atoms with Crippen LogP contribution in [0.2, 0.25) is 5.02 Å². The van der Waals surface area contributed by atoms with Crippen molar-refractivity contribution in [2.75, 3.05) is 10.6 Å². The minimum Gasteiger partial charge on any atom is -0.332 e. The monoisotopic (exact) mass is 371 g/mol. The Kier molecular flexibility index (Phi) is 5.36. The molecule has 4 nitrogen and oxygen atoms in total. The third-order valence-electron chi connectivity index (χ3n) is 3.57. The molecule has 0 bridgehead atoms. The van der Waals surface area contributed by atoms with Gasteiger partial charge in [-0.1, -0.05) is 37.6 Å². The lowest BCUT2D eigenvalue weighted by atomic mass is 10.2. The number of benzene rings is 2. The summed E-state index contributed by atoms with van der Waals surface area (Å²) < 4.78 is 0. The maximum atomic E-state index is 11.7. The SMILES string of the molecule is CC(C)C(=O)Nc1ccc(Nc2nc(-c3ccc(Cl)cc3)cs2)cc1. The molecule has 0 saturated heterocycles. The number of carbonyl (C=O) groups excluding carboxylic acids is 1. The number of anilines is 3. The van der Waals surface area contributed by atoms with Crippen molar-refractivity contribution < 1.29 is 4.79 Å². The molecule has 1 heterocycles. The Hall–Kier alpha value is -2.37. The molecule has 0 fully saturated rings. The Morgan fingerprint density at radius 2 is 1.68 bits per heavy atom. The highest BCUT2D eigenvalue weighted by Crippen LogP contribution is 2.28. The Balaban J connectivity index is 1.67. The summed E-state index contributed by atoms with van der Waals surface area (Å²) in [6.07, 6.45) is 0. The van der Waals surface area contributed by atoms with E-state index in [1.807, 2.05) is 67.8 Å². The molecule has 0 unspecified atom stereocenters. The Morgan fingerprint density at radius 1 is 1.04 bits per heavy atom. The summed E-state index contributed by atoms with van der Waals surface area (Å²) in [6.45, 7) is 3.73. The third-order valence-corrected chi connectivity index (χ3v) is 4.58. The predicted octanol–water partition coefficient (Wildman–Crippen LogP) is 5.80. The first-order valence-electron chi connectivity index (χ1n) is 7.90. The van der Waals surface area contributed by atoms with Crippen LogP contribution in [0.3, 0.4) is 0 Å². The highest BCUT2D eigenvalue weighted by molar-refractivity contribution is 7.14. The van der Waals surface area contributed by atoms with Crippen LogP contribution in [0.4, 0.5) is 16.5 Å². The number of nitrogens with zero attached hydrogens (tertiary/aromatic N) is 1. The molecule has 0 spiro atoms. The van der Waals surface area contributed by atoms with E-state index in [1.165, 1.54) is 11.3 Å². The van der Waals surface area contributed by atoms with Gasteiger partial charge < -0.3 is 10.6 Å². The van der Waals surface area contributed by atoms with Gasteiger partial charge in [0.15, 0.2) is 5.13 Å². The lowest BCUT2D eigenvalue weighted by Crippen LogP contribution is -2.17. The van der Waals surface area contributed by atoms with Crippen molar-refractivity contribution in [1.82, 2.24) is 4.98 Å². The third kappa shape index (κ3) is 4.59. The van der Waals surface area contributed by atoms with Gasteiger partial charge in [0, 0.05) is 33.3 Å². The van der Waals surface area contributed by atoms with Crippen molar-refractivity contribution in [3.63, 3.8) is 0 Å². The van der Waals surface area contributed by atoms with Gasteiger partial charge in [0.2, 0.25) is 5.91 Å². The molecule has 0 radical (unpaired) electrons. The molecular formula is C19H18ClN3OS. The second-order valence-electron chi connectivity index (χ2n) is 5.89. The molecule has 6 heteroatoms.